The smallest absolute Gasteiger partial charge is 0.344 e. The molecular formula is C18H15Cl2NO6. The van der Waals surface area contributed by atoms with Gasteiger partial charge in [-0.15, -0.1) is 0 Å². The summed E-state index contributed by atoms with van der Waals surface area (Å²) < 4.78 is 9.23. The second-order valence-electron chi connectivity index (χ2n) is 6.05. The molecule has 1 aliphatic heterocycles. The maximum absolute atomic E-state index is 12.7. The van der Waals surface area contributed by atoms with Gasteiger partial charge < -0.3 is 9.47 Å². The van der Waals surface area contributed by atoms with Gasteiger partial charge in [0.05, 0.1) is 28.4 Å². The first kappa shape index (κ1) is 19.4. The summed E-state index contributed by atoms with van der Waals surface area (Å²) in [5.41, 5.74) is 0.917. The van der Waals surface area contributed by atoms with Gasteiger partial charge >= 0.3 is 11.9 Å². The maximum atomic E-state index is 12.7. The van der Waals surface area contributed by atoms with E-state index in [1.165, 1.54) is 12.1 Å². The molecule has 1 aromatic rings. The molecule has 0 unspecified atom stereocenters. The molecule has 1 aliphatic carbocycles. The predicted molar refractivity (Wildman–Crippen MR) is 96.7 cm³/mol. The van der Waals surface area contributed by atoms with Crippen molar-refractivity contribution < 1.29 is 28.7 Å². The van der Waals surface area contributed by atoms with E-state index >= 15 is 0 Å². The number of hydrogen-bond acceptors (Lipinski definition) is 6. The summed E-state index contributed by atoms with van der Waals surface area (Å²) in [6, 6.07) is 2.48. The molecule has 0 bridgehead atoms. The summed E-state index contributed by atoms with van der Waals surface area (Å²) in [5.74, 6) is -2.52. The van der Waals surface area contributed by atoms with Gasteiger partial charge in [-0.25, -0.2) is 14.5 Å². The van der Waals surface area contributed by atoms with Crippen LogP contribution < -0.4 is 4.90 Å². The van der Waals surface area contributed by atoms with E-state index in [4.69, 9.17) is 27.9 Å². The van der Waals surface area contributed by atoms with Crippen molar-refractivity contribution in [2.24, 2.45) is 0 Å². The Kier molecular flexibility index (Phi) is 5.53. The van der Waals surface area contributed by atoms with Crippen molar-refractivity contribution in [3.8, 4) is 0 Å². The molecule has 142 valence electrons. The van der Waals surface area contributed by atoms with Crippen LogP contribution in [0.5, 0.6) is 0 Å². The minimum atomic E-state index is -0.903. The molecule has 3 rings (SSSR count). The second kappa shape index (κ2) is 7.70. The van der Waals surface area contributed by atoms with Crippen LogP contribution in [0, 0.1) is 0 Å². The summed E-state index contributed by atoms with van der Waals surface area (Å²) >= 11 is 12.2. The summed E-state index contributed by atoms with van der Waals surface area (Å²) in [4.78, 5) is 49.7. The Morgan fingerprint density at radius 2 is 1.63 bits per heavy atom. The minimum Gasteiger partial charge on any atom is -0.466 e. The highest BCUT2D eigenvalue weighted by Crippen LogP contribution is 2.40. The maximum Gasteiger partial charge on any atom is 0.344 e. The zero-order valence-corrected chi connectivity index (χ0v) is 15.9. The molecule has 1 heterocycles. The van der Waals surface area contributed by atoms with Gasteiger partial charge in [0, 0.05) is 11.1 Å². The standard InChI is InChI=1S/C18H15Cl2NO6/c1-26-15(22)8-27-18(25)11-6-14(13(20)7-12(11)19)21-16(23)9-4-2-3-5-10(9)17(21)24/h6-7H,2-5,8H2,1H3. The lowest BCUT2D eigenvalue weighted by Crippen LogP contribution is -2.32. The van der Waals surface area contributed by atoms with Crippen LogP contribution in [0.4, 0.5) is 5.69 Å². The fraction of sp³-hybridized carbons (Fsp3) is 0.333. The lowest BCUT2D eigenvalue weighted by molar-refractivity contribution is -0.144. The third kappa shape index (κ3) is 3.57. The molecule has 0 aromatic heterocycles. The first-order chi connectivity index (χ1) is 12.8. The number of imide groups is 1. The molecule has 9 heteroatoms. The van der Waals surface area contributed by atoms with Crippen molar-refractivity contribution in [1.29, 1.82) is 0 Å². The van der Waals surface area contributed by atoms with Crippen molar-refractivity contribution in [2.45, 2.75) is 25.7 Å². The first-order valence-electron chi connectivity index (χ1n) is 8.19. The summed E-state index contributed by atoms with van der Waals surface area (Å²) in [5, 5.41) is 0.0153. The van der Waals surface area contributed by atoms with Crippen LogP contribution in [-0.2, 0) is 23.9 Å². The zero-order chi connectivity index (χ0) is 19.7. The molecule has 1 aromatic carbocycles. The van der Waals surface area contributed by atoms with Crippen molar-refractivity contribution in [1.82, 2.24) is 0 Å². The molecule has 2 amide bonds. The number of nitrogens with zero attached hydrogens (tertiary/aromatic N) is 1. The Bertz CT molecular complexity index is 864. The van der Waals surface area contributed by atoms with Gasteiger partial charge in [-0.05, 0) is 37.8 Å². The number of esters is 2. The highest BCUT2D eigenvalue weighted by atomic mass is 35.5. The lowest BCUT2D eigenvalue weighted by atomic mass is 9.93. The lowest BCUT2D eigenvalue weighted by Gasteiger charge is -2.18. The van der Waals surface area contributed by atoms with E-state index in [0.29, 0.717) is 24.0 Å². The minimum absolute atomic E-state index is 0.0320. The molecule has 2 aliphatic rings. The number of methoxy groups -OCH3 is 1. The average molecular weight is 412 g/mol. The van der Waals surface area contributed by atoms with Gasteiger partial charge in [-0.3, -0.25) is 9.59 Å². The van der Waals surface area contributed by atoms with Gasteiger partial charge in [-0.2, -0.15) is 0 Å². The molecule has 0 N–H and O–H groups in total. The number of carbonyl (C=O) groups excluding carboxylic acids is 4. The highest BCUT2D eigenvalue weighted by Gasteiger charge is 2.40. The second-order valence-corrected chi connectivity index (χ2v) is 6.86. The third-order valence-corrected chi connectivity index (χ3v) is 5.05. The van der Waals surface area contributed by atoms with Gasteiger partial charge in [0.1, 0.15) is 0 Å². The van der Waals surface area contributed by atoms with Crippen LogP contribution >= 0.6 is 23.2 Å². The molecule has 0 fully saturated rings. The van der Waals surface area contributed by atoms with Crippen molar-refractivity contribution in [3.63, 3.8) is 0 Å². The van der Waals surface area contributed by atoms with Crippen LogP contribution in [0.15, 0.2) is 23.3 Å². The van der Waals surface area contributed by atoms with Gasteiger partial charge in [0.25, 0.3) is 11.8 Å². The summed E-state index contributed by atoms with van der Waals surface area (Å²) in [6.07, 6.45) is 2.75. The fourth-order valence-electron chi connectivity index (χ4n) is 3.08. The quantitative estimate of drug-likeness (QED) is 0.558. The largest absolute Gasteiger partial charge is 0.466 e. The number of carbonyl (C=O) groups is 4. The number of hydrogen-bond donors (Lipinski definition) is 0. The SMILES string of the molecule is COC(=O)COC(=O)c1cc(N2C(=O)C3=C(CCCC3)C2=O)c(Cl)cc1Cl. The van der Waals surface area contributed by atoms with E-state index < -0.39 is 30.4 Å². The average Bonchev–Trinajstić information content (AvgIpc) is 2.91. The monoisotopic (exact) mass is 411 g/mol. The normalized spacial score (nSPS) is 16.5. The van der Waals surface area contributed by atoms with Crippen molar-refractivity contribution in [2.75, 3.05) is 18.6 Å². The molecule has 0 saturated heterocycles. The number of anilines is 1. The van der Waals surface area contributed by atoms with Gasteiger partial charge in [0.2, 0.25) is 0 Å². The number of rotatable bonds is 4. The molecular weight excluding hydrogens is 397 g/mol. The predicted octanol–water partition coefficient (Wildman–Crippen LogP) is 3.07. The van der Waals surface area contributed by atoms with E-state index in [0.717, 1.165) is 24.9 Å². The van der Waals surface area contributed by atoms with Crippen LogP contribution in [0.25, 0.3) is 0 Å². The molecule has 0 atom stereocenters. The van der Waals surface area contributed by atoms with E-state index in [2.05, 4.69) is 4.74 Å². The topological polar surface area (TPSA) is 90.0 Å². The van der Waals surface area contributed by atoms with E-state index in [1.54, 1.807) is 0 Å². The molecule has 0 radical (unpaired) electrons. The molecule has 27 heavy (non-hydrogen) atoms. The van der Waals surface area contributed by atoms with Gasteiger partial charge in [-0.1, -0.05) is 23.2 Å². The summed E-state index contributed by atoms with van der Waals surface area (Å²) in [7, 11) is 1.16. The van der Waals surface area contributed by atoms with E-state index in [-0.39, 0.29) is 21.3 Å². The van der Waals surface area contributed by atoms with E-state index in [1.807, 2.05) is 0 Å². The Labute approximate surface area is 164 Å². The Balaban J connectivity index is 1.93. The third-order valence-electron chi connectivity index (χ3n) is 4.44. The zero-order valence-electron chi connectivity index (χ0n) is 14.3. The molecule has 0 spiro atoms. The molecule has 0 saturated carbocycles. The van der Waals surface area contributed by atoms with E-state index in [9.17, 15) is 19.2 Å². The number of benzene rings is 1. The Morgan fingerprint density at radius 3 is 2.19 bits per heavy atom. The fourth-order valence-corrected chi connectivity index (χ4v) is 3.63. The van der Waals surface area contributed by atoms with Crippen LogP contribution in [-0.4, -0.2) is 37.5 Å². The van der Waals surface area contributed by atoms with Crippen molar-refractivity contribution in [3.05, 3.63) is 38.9 Å². The highest BCUT2D eigenvalue weighted by molar-refractivity contribution is 6.41. The van der Waals surface area contributed by atoms with Gasteiger partial charge in [0.15, 0.2) is 6.61 Å². The van der Waals surface area contributed by atoms with Crippen LogP contribution in [0.2, 0.25) is 10.0 Å². The van der Waals surface area contributed by atoms with Crippen LogP contribution in [0.1, 0.15) is 36.0 Å². The molecule has 7 nitrogen and oxygen atoms in total. The van der Waals surface area contributed by atoms with Crippen molar-refractivity contribution >= 4 is 52.6 Å². The Hall–Kier alpha value is -2.38. The number of ether oxygens (including phenoxy) is 2. The Morgan fingerprint density at radius 1 is 1.04 bits per heavy atom. The first-order valence-corrected chi connectivity index (χ1v) is 8.94. The number of amides is 2. The van der Waals surface area contributed by atoms with Crippen LogP contribution in [0.3, 0.4) is 0 Å². The number of halogens is 2. The summed E-state index contributed by atoms with van der Waals surface area (Å²) in [6.45, 7) is -0.596.